The van der Waals surface area contributed by atoms with E-state index in [0.29, 0.717) is 30.4 Å². The molecule has 28 heavy (non-hydrogen) atoms. The van der Waals surface area contributed by atoms with E-state index in [9.17, 15) is 0 Å². The SMILES string of the molecule is Cc1nc2c(c(NCCc3nc(-c4ccccn4)no3)n1)CCNCC2.Cl.Cl. The number of anilines is 1. The van der Waals surface area contributed by atoms with Gasteiger partial charge in [0.15, 0.2) is 0 Å². The summed E-state index contributed by atoms with van der Waals surface area (Å²) in [6.07, 6.45) is 4.20. The zero-order valence-corrected chi connectivity index (χ0v) is 17.1. The average molecular weight is 424 g/mol. The minimum absolute atomic E-state index is 0. The summed E-state index contributed by atoms with van der Waals surface area (Å²) in [5, 5.41) is 10.8. The second kappa shape index (κ2) is 10.3. The molecule has 0 unspecified atom stereocenters. The molecule has 4 heterocycles. The number of aromatic nitrogens is 5. The summed E-state index contributed by atoms with van der Waals surface area (Å²) in [5.74, 6) is 2.80. The summed E-state index contributed by atoms with van der Waals surface area (Å²) in [6.45, 7) is 4.51. The van der Waals surface area contributed by atoms with Crippen LogP contribution < -0.4 is 10.6 Å². The molecule has 8 nitrogen and oxygen atoms in total. The van der Waals surface area contributed by atoms with Crippen molar-refractivity contribution >= 4 is 30.6 Å². The summed E-state index contributed by atoms with van der Waals surface area (Å²) in [7, 11) is 0. The normalized spacial score (nSPS) is 12.9. The van der Waals surface area contributed by atoms with E-state index in [-0.39, 0.29) is 24.8 Å². The molecule has 3 aromatic heterocycles. The van der Waals surface area contributed by atoms with Gasteiger partial charge in [0, 0.05) is 37.7 Å². The third kappa shape index (κ3) is 5.15. The molecule has 2 N–H and O–H groups in total. The molecular formula is C18H23Cl2N7O. The van der Waals surface area contributed by atoms with Crippen LogP contribution in [0.2, 0.25) is 0 Å². The van der Waals surface area contributed by atoms with E-state index >= 15 is 0 Å². The first-order valence-corrected chi connectivity index (χ1v) is 8.84. The fraction of sp³-hybridized carbons (Fsp3) is 0.389. The van der Waals surface area contributed by atoms with Crippen molar-refractivity contribution in [1.29, 1.82) is 0 Å². The van der Waals surface area contributed by atoms with Crippen molar-refractivity contribution in [3.63, 3.8) is 0 Å². The van der Waals surface area contributed by atoms with Crippen molar-refractivity contribution in [2.24, 2.45) is 0 Å². The number of rotatable bonds is 5. The second-order valence-corrected chi connectivity index (χ2v) is 6.20. The Bertz CT molecular complexity index is 889. The minimum Gasteiger partial charge on any atom is -0.369 e. The van der Waals surface area contributed by atoms with Crippen molar-refractivity contribution < 1.29 is 4.52 Å². The molecule has 150 valence electrons. The number of halogens is 2. The van der Waals surface area contributed by atoms with Gasteiger partial charge in [-0.25, -0.2) is 9.97 Å². The quantitative estimate of drug-likeness (QED) is 0.644. The van der Waals surface area contributed by atoms with Crippen LogP contribution in [0.5, 0.6) is 0 Å². The molecular weight excluding hydrogens is 401 g/mol. The van der Waals surface area contributed by atoms with Crippen LogP contribution in [0.1, 0.15) is 23.0 Å². The zero-order chi connectivity index (χ0) is 17.8. The highest BCUT2D eigenvalue weighted by molar-refractivity contribution is 5.85. The van der Waals surface area contributed by atoms with Crippen LogP contribution in [0, 0.1) is 6.92 Å². The number of aryl methyl sites for hydroxylation is 1. The van der Waals surface area contributed by atoms with Gasteiger partial charge in [0.25, 0.3) is 0 Å². The number of fused-ring (bicyclic) bond motifs is 1. The largest absolute Gasteiger partial charge is 0.369 e. The summed E-state index contributed by atoms with van der Waals surface area (Å²) >= 11 is 0. The van der Waals surface area contributed by atoms with E-state index in [2.05, 4.69) is 35.7 Å². The van der Waals surface area contributed by atoms with Crippen molar-refractivity contribution in [2.45, 2.75) is 26.2 Å². The topological polar surface area (TPSA) is 102 Å². The highest BCUT2D eigenvalue weighted by Crippen LogP contribution is 2.19. The predicted molar refractivity (Wildman–Crippen MR) is 111 cm³/mol. The van der Waals surface area contributed by atoms with Gasteiger partial charge in [0.2, 0.25) is 11.7 Å². The highest BCUT2D eigenvalue weighted by atomic mass is 35.5. The van der Waals surface area contributed by atoms with Gasteiger partial charge in [0.05, 0.1) is 5.69 Å². The fourth-order valence-corrected chi connectivity index (χ4v) is 3.06. The Hall–Kier alpha value is -2.29. The van der Waals surface area contributed by atoms with Crippen LogP contribution in [0.3, 0.4) is 0 Å². The Labute approximate surface area is 175 Å². The summed E-state index contributed by atoms with van der Waals surface area (Å²) in [5.41, 5.74) is 3.06. The molecule has 4 rings (SSSR count). The smallest absolute Gasteiger partial charge is 0.228 e. The fourth-order valence-electron chi connectivity index (χ4n) is 3.06. The molecule has 10 heteroatoms. The molecule has 0 spiro atoms. The molecule has 0 saturated carbocycles. The molecule has 0 radical (unpaired) electrons. The Morgan fingerprint density at radius 1 is 1.11 bits per heavy atom. The maximum absolute atomic E-state index is 5.33. The first-order valence-electron chi connectivity index (χ1n) is 8.84. The molecule has 1 aliphatic rings. The number of nitrogens with zero attached hydrogens (tertiary/aromatic N) is 5. The summed E-state index contributed by atoms with van der Waals surface area (Å²) in [4.78, 5) is 17.8. The van der Waals surface area contributed by atoms with Gasteiger partial charge in [-0.1, -0.05) is 11.2 Å². The van der Waals surface area contributed by atoms with Gasteiger partial charge in [-0.3, -0.25) is 4.98 Å². The average Bonchev–Trinajstić information content (AvgIpc) is 3.00. The molecule has 0 fully saturated rings. The first-order chi connectivity index (χ1) is 12.8. The zero-order valence-electron chi connectivity index (χ0n) is 15.5. The Balaban J connectivity index is 0.00000140. The molecule has 1 aliphatic heterocycles. The van der Waals surface area contributed by atoms with Crippen LogP contribution in [0.4, 0.5) is 5.82 Å². The lowest BCUT2D eigenvalue weighted by atomic mass is 10.1. The predicted octanol–water partition coefficient (Wildman–Crippen LogP) is 2.42. The van der Waals surface area contributed by atoms with E-state index in [4.69, 9.17) is 4.52 Å². The van der Waals surface area contributed by atoms with Gasteiger partial charge in [-0.15, -0.1) is 24.8 Å². The van der Waals surface area contributed by atoms with E-state index in [1.165, 1.54) is 5.56 Å². The van der Waals surface area contributed by atoms with Crippen molar-refractivity contribution in [3.05, 3.63) is 47.4 Å². The third-order valence-corrected chi connectivity index (χ3v) is 4.29. The van der Waals surface area contributed by atoms with Crippen LogP contribution in [-0.4, -0.2) is 44.7 Å². The van der Waals surface area contributed by atoms with Crippen molar-refractivity contribution in [3.8, 4) is 11.5 Å². The van der Waals surface area contributed by atoms with Gasteiger partial charge >= 0.3 is 0 Å². The molecule has 0 atom stereocenters. The maximum Gasteiger partial charge on any atom is 0.228 e. The van der Waals surface area contributed by atoms with E-state index < -0.39 is 0 Å². The van der Waals surface area contributed by atoms with E-state index in [0.717, 1.165) is 43.3 Å². The van der Waals surface area contributed by atoms with Gasteiger partial charge in [0.1, 0.15) is 17.3 Å². The lowest BCUT2D eigenvalue weighted by molar-refractivity contribution is 0.381. The molecule has 0 aliphatic carbocycles. The molecule has 0 bridgehead atoms. The van der Waals surface area contributed by atoms with Gasteiger partial charge < -0.3 is 15.2 Å². The lowest BCUT2D eigenvalue weighted by Gasteiger charge is -2.13. The monoisotopic (exact) mass is 423 g/mol. The Kier molecular flexibility index (Phi) is 8.10. The highest BCUT2D eigenvalue weighted by Gasteiger charge is 2.16. The Morgan fingerprint density at radius 2 is 1.96 bits per heavy atom. The van der Waals surface area contributed by atoms with Crippen LogP contribution in [0.25, 0.3) is 11.5 Å². The van der Waals surface area contributed by atoms with Crippen molar-refractivity contribution in [2.75, 3.05) is 25.0 Å². The van der Waals surface area contributed by atoms with Gasteiger partial charge in [-0.05, 0) is 32.0 Å². The standard InChI is InChI=1S/C18H21N7O.2ClH/c1-12-22-14-6-10-19-9-5-13(14)17(23-12)21-11-7-16-24-18(25-26-16)15-4-2-3-8-20-15;;/h2-4,8,19H,5-7,9-11H2,1H3,(H,21,22,23);2*1H. The van der Waals surface area contributed by atoms with Crippen LogP contribution >= 0.6 is 24.8 Å². The molecule has 0 amide bonds. The first kappa shape index (κ1) is 22.0. The summed E-state index contributed by atoms with van der Waals surface area (Å²) in [6, 6.07) is 5.62. The molecule has 0 saturated heterocycles. The molecule has 0 aromatic carbocycles. The third-order valence-electron chi connectivity index (χ3n) is 4.29. The summed E-state index contributed by atoms with van der Waals surface area (Å²) < 4.78 is 5.33. The lowest BCUT2D eigenvalue weighted by Crippen LogP contribution is -2.16. The Morgan fingerprint density at radius 3 is 2.79 bits per heavy atom. The molecule has 3 aromatic rings. The van der Waals surface area contributed by atoms with Gasteiger partial charge in [-0.2, -0.15) is 4.98 Å². The van der Waals surface area contributed by atoms with Crippen LogP contribution in [0.15, 0.2) is 28.9 Å². The van der Waals surface area contributed by atoms with Crippen LogP contribution in [-0.2, 0) is 19.3 Å². The van der Waals surface area contributed by atoms with E-state index in [1.807, 2.05) is 25.1 Å². The maximum atomic E-state index is 5.33. The number of pyridine rings is 1. The minimum atomic E-state index is 0. The van der Waals surface area contributed by atoms with E-state index in [1.54, 1.807) is 6.20 Å². The number of hydrogen-bond donors (Lipinski definition) is 2. The number of hydrogen-bond acceptors (Lipinski definition) is 8. The number of nitrogens with one attached hydrogen (secondary N) is 2. The van der Waals surface area contributed by atoms with Crippen molar-refractivity contribution in [1.82, 2.24) is 30.4 Å². The second-order valence-electron chi connectivity index (χ2n) is 6.20.